The predicted molar refractivity (Wildman–Crippen MR) is 37.2 cm³/mol. The Morgan fingerprint density at radius 3 is 1.85 bits per heavy atom. The van der Waals surface area contributed by atoms with Gasteiger partial charge in [-0.25, -0.2) is 0 Å². The molecule has 7 heteroatoms. The summed E-state index contributed by atoms with van der Waals surface area (Å²) in [5.74, 6) is 0. The van der Waals surface area contributed by atoms with Gasteiger partial charge in [0.05, 0.1) is 6.61 Å². The maximum absolute atomic E-state index is 9.90. The van der Waals surface area contributed by atoms with Crippen LogP contribution in [0.2, 0.25) is 0 Å². The van der Waals surface area contributed by atoms with Gasteiger partial charge in [0.1, 0.15) is 24.4 Å². The van der Waals surface area contributed by atoms with Gasteiger partial charge in [-0.2, -0.15) is 0 Å². The van der Waals surface area contributed by atoms with Crippen molar-refractivity contribution in [2.45, 2.75) is 24.4 Å². The molecule has 0 rings (SSSR count). The van der Waals surface area contributed by atoms with Crippen molar-refractivity contribution in [3.05, 3.63) is 0 Å². The minimum absolute atomic E-state index is 0. The molecule has 0 unspecified atom stereocenters. The molecule has 0 aromatic carbocycles. The van der Waals surface area contributed by atoms with Gasteiger partial charge in [-0.15, -0.1) is 0 Å². The second-order valence-corrected chi connectivity index (χ2v) is 2.36. The minimum Gasteiger partial charge on any atom is -0.394 e. The molecular formula is C6H12O6Tc. The minimum atomic E-state index is -1.79. The van der Waals surface area contributed by atoms with E-state index in [1.165, 1.54) is 0 Å². The van der Waals surface area contributed by atoms with Crippen molar-refractivity contribution < 1.29 is 50.4 Å². The first-order valence-corrected chi connectivity index (χ1v) is 3.33. The second kappa shape index (κ2) is 7.52. The van der Waals surface area contributed by atoms with E-state index < -0.39 is 31.0 Å². The summed E-state index contributed by atoms with van der Waals surface area (Å²) < 4.78 is 0. The molecule has 5 N–H and O–H groups in total. The standard InChI is InChI=1S/C6H12O6.Tc/c7-1-3(9)5(11)6(12)4(10)2-8;/h1,3-6,8-12H,2H2;/t3-,4+,5+,6+;/m0./s1. The molecular weight excluding hydrogens is 266 g/mol. The average Bonchev–Trinajstić information content (AvgIpc) is 2.12. The van der Waals surface area contributed by atoms with Gasteiger partial charge < -0.3 is 30.3 Å². The van der Waals surface area contributed by atoms with E-state index in [2.05, 4.69) is 0 Å². The predicted octanol–water partition coefficient (Wildman–Crippen LogP) is -3.38. The fourth-order valence-corrected chi connectivity index (χ4v) is 0.618. The fraction of sp³-hybridized carbons (Fsp3) is 0.833. The molecule has 0 saturated heterocycles. The van der Waals surface area contributed by atoms with Crippen molar-refractivity contribution in [2.24, 2.45) is 0 Å². The van der Waals surface area contributed by atoms with Gasteiger partial charge in [0, 0.05) is 20.1 Å². The molecule has 0 fully saturated rings. The van der Waals surface area contributed by atoms with Crippen LogP contribution in [0.1, 0.15) is 0 Å². The van der Waals surface area contributed by atoms with E-state index in [0.717, 1.165) is 0 Å². The summed E-state index contributed by atoms with van der Waals surface area (Å²) in [4.78, 5) is 9.90. The van der Waals surface area contributed by atoms with E-state index in [0.29, 0.717) is 0 Å². The molecule has 0 aliphatic carbocycles. The maximum atomic E-state index is 9.90. The molecule has 0 bridgehead atoms. The van der Waals surface area contributed by atoms with Gasteiger partial charge in [-0.1, -0.05) is 0 Å². The Hall–Kier alpha value is 0.119. The molecule has 0 amide bonds. The smallest absolute Gasteiger partial charge is 0.151 e. The third-order valence-corrected chi connectivity index (χ3v) is 1.42. The van der Waals surface area contributed by atoms with E-state index in [9.17, 15) is 4.79 Å². The van der Waals surface area contributed by atoms with Crippen LogP contribution in [-0.2, 0) is 24.9 Å². The summed E-state index contributed by atoms with van der Waals surface area (Å²) in [6.45, 7) is -0.760. The van der Waals surface area contributed by atoms with Crippen LogP contribution in [0.5, 0.6) is 0 Å². The van der Waals surface area contributed by atoms with Crippen LogP contribution in [0.15, 0.2) is 0 Å². The normalized spacial score (nSPS) is 19.5. The number of aliphatic hydroxyl groups is 5. The summed E-state index contributed by atoms with van der Waals surface area (Å²) in [5, 5.41) is 43.5. The zero-order valence-electron chi connectivity index (χ0n) is 6.62. The van der Waals surface area contributed by atoms with Crippen LogP contribution in [0.4, 0.5) is 0 Å². The Bertz CT molecular complexity index is 143. The van der Waals surface area contributed by atoms with E-state index in [1.807, 2.05) is 0 Å². The van der Waals surface area contributed by atoms with E-state index >= 15 is 0 Å². The number of carbonyl (C=O) groups excluding carboxylic acids is 1. The van der Waals surface area contributed by atoms with Crippen molar-refractivity contribution in [2.75, 3.05) is 6.61 Å². The van der Waals surface area contributed by atoms with Crippen molar-refractivity contribution >= 4 is 6.29 Å². The Morgan fingerprint density at radius 2 is 1.54 bits per heavy atom. The summed E-state index contributed by atoms with van der Waals surface area (Å²) in [6.07, 6.45) is -6.84. The molecule has 0 saturated carbocycles. The maximum Gasteiger partial charge on any atom is 0.151 e. The summed E-state index contributed by atoms with van der Waals surface area (Å²) >= 11 is 0. The quantitative estimate of drug-likeness (QED) is 0.335. The SMILES string of the molecule is O=C[C@H](O)[C@@H](O)[C@H](O)[C@H](O)CO.[Tc]. The number of carbonyl (C=O) groups is 1. The first-order chi connectivity index (χ1) is 5.54. The first-order valence-electron chi connectivity index (χ1n) is 3.33. The second-order valence-electron chi connectivity index (χ2n) is 2.36. The third kappa shape index (κ3) is 4.78. The summed E-state index contributed by atoms with van der Waals surface area (Å²) in [7, 11) is 0. The topological polar surface area (TPSA) is 118 Å². The van der Waals surface area contributed by atoms with Gasteiger partial charge in [0.15, 0.2) is 6.29 Å². The number of rotatable bonds is 5. The number of aldehydes is 1. The van der Waals surface area contributed by atoms with Crippen LogP contribution in [0.25, 0.3) is 0 Å². The molecule has 0 spiro atoms. The van der Waals surface area contributed by atoms with Crippen LogP contribution >= 0.6 is 0 Å². The fourth-order valence-electron chi connectivity index (χ4n) is 0.618. The molecule has 0 heterocycles. The van der Waals surface area contributed by atoms with Gasteiger partial charge in [-0.3, -0.25) is 0 Å². The van der Waals surface area contributed by atoms with E-state index in [4.69, 9.17) is 25.5 Å². The largest absolute Gasteiger partial charge is 0.394 e. The molecule has 0 aromatic rings. The Morgan fingerprint density at radius 1 is 1.08 bits per heavy atom. The molecule has 79 valence electrons. The number of aliphatic hydroxyl groups excluding tert-OH is 5. The van der Waals surface area contributed by atoms with E-state index in [1.54, 1.807) is 0 Å². The van der Waals surface area contributed by atoms with Gasteiger partial charge in [0.25, 0.3) is 0 Å². The molecule has 1 radical (unpaired) electrons. The summed E-state index contributed by atoms with van der Waals surface area (Å²) in [5.41, 5.74) is 0. The number of hydrogen-bond acceptors (Lipinski definition) is 6. The molecule has 13 heavy (non-hydrogen) atoms. The van der Waals surface area contributed by atoms with Crippen LogP contribution in [-0.4, -0.2) is 62.8 Å². The van der Waals surface area contributed by atoms with Crippen molar-refractivity contribution in [3.8, 4) is 0 Å². The van der Waals surface area contributed by atoms with Crippen molar-refractivity contribution in [1.82, 2.24) is 0 Å². The molecule has 6 nitrogen and oxygen atoms in total. The Labute approximate surface area is 88.2 Å². The molecule has 0 aromatic heterocycles. The third-order valence-electron chi connectivity index (χ3n) is 1.42. The van der Waals surface area contributed by atoms with Crippen LogP contribution < -0.4 is 0 Å². The Kier molecular flexibility index (Phi) is 9.01. The van der Waals surface area contributed by atoms with Gasteiger partial charge in [-0.05, 0) is 0 Å². The van der Waals surface area contributed by atoms with Gasteiger partial charge in [0.2, 0.25) is 0 Å². The molecule has 4 atom stereocenters. The monoisotopic (exact) mass is 277 g/mol. The van der Waals surface area contributed by atoms with Crippen molar-refractivity contribution in [3.63, 3.8) is 0 Å². The Balaban J connectivity index is 0. The summed E-state index contributed by atoms with van der Waals surface area (Å²) in [6, 6.07) is 0. The zero-order chi connectivity index (χ0) is 9.72. The van der Waals surface area contributed by atoms with Crippen molar-refractivity contribution in [1.29, 1.82) is 0 Å². The first kappa shape index (κ1) is 15.6. The zero-order valence-corrected chi connectivity index (χ0v) is 8.47. The van der Waals surface area contributed by atoms with Crippen LogP contribution in [0.3, 0.4) is 0 Å². The number of hydrogen-bond donors (Lipinski definition) is 5. The van der Waals surface area contributed by atoms with Gasteiger partial charge >= 0.3 is 0 Å². The van der Waals surface area contributed by atoms with Crippen LogP contribution in [0, 0.1) is 0 Å². The molecule has 0 aliphatic heterocycles. The van der Waals surface area contributed by atoms with E-state index in [-0.39, 0.29) is 26.4 Å². The average molecular weight is 278 g/mol. The molecule has 0 aliphatic rings.